The number of carbonyl (C=O) groups is 1. The normalized spacial score (nSPS) is 14.5. The Morgan fingerprint density at radius 3 is 2.19 bits per heavy atom. The predicted molar refractivity (Wildman–Crippen MR) is 102 cm³/mol. The molecule has 0 N–H and O–H groups in total. The number of hydrogen-bond acceptors (Lipinski definition) is 5. The summed E-state index contributed by atoms with van der Waals surface area (Å²) in [6.07, 6.45) is 6.98. The largest absolute Gasteiger partial charge is 0.497 e. The first-order valence-electron chi connectivity index (χ1n) is 8.54. The van der Waals surface area contributed by atoms with Crippen LogP contribution < -0.4 is 14.4 Å². The first-order chi connectivity index (χ1) is 12.7. The summed E-state index contributed by atoms with van der Waals surface area (Å²) in [5.41, 5.74) is 2.01. The van der Waals surface area contributed by atoms with Crippen LogP contribution in [0, 0.1) is 0 Å². The molecule has 2 aromatic rings. The van der Waals surface area contributed by atoms with E-state index in [-0.39, 0.29) is 5.91 Å². The summed E-state index contributed by atoms with van der Waals surface area (Å²) in [6, 6.07) is 9.53. The van der Waals surface area contributed by atoms with Crippen molar-refractivity contribution in [3.63, 3.8) is 0 Å². The minimum absolute atomic E-state index is 0.0150. The molecule has 0 atom stereocenters. The summed E-state index contributed by atoms with van der Waals surface area (Å²) in [5.74, 6) is 1.41. The van der Waals surface area contributed by atoms with E-state index in [9.17, 15) is 4.79 Å². The molecular formula is C20H23N3O3. The van der Waals surface area contributed by atoms with Crippen LogP contribution in [0.3, 0.4) is 0 Å². The lowest BCUT2D eigenvalue weighted by molar-refractivity contribution is -0.126. The maximum absolute atomic E-state index is 12.5. The monoisotopic (exact) mass is 353 g/mol. The zero-order valence-electron chi connectivity index (χ0n) is 15.1. The fourth-order valence-corrected chi connectivity index (χ4v) is 2.94. The van der Waals surface area contributed by atoms with Crippen molar-refractivity contribution in [3.05, 3.63) is 54.4 Å². The van der Waals surface area contributed by atoms with Gasteiger partial charge in [-0.1, -0.05) is 0 Å². The van der Waals surface area contributed by atoms with Crippen molar-refractivity contribution < 1.29 is 14.3 Å². The number of carbonyl (C=O) groups excluding carboxylic acids is 1. The Balaban J connectivity index is 1.60. The predicted octanol–water partition coefficient (Wildman–Crippen LogP) is 2.46. The summed E-state index contributed by atoms with van der Waals surface area (Å²) in [7, 11) is 3.21. The zero-order chi connectivity index (χ0) is 18.4. The van der Waals surface area contributed by atoms with Gasteiger partial charge in [-0.2, -0.15) is 0 Å². The number of pyridine rings is 1. The van der Waals surface area contributed by atoms with Crippen molar-refractivity contribution in [1.82, 2.24) is 9.88 Å². The van der Waals surface area contributed by atoms with E-state index < -0.39 is 0 Å². The Labute approximate surface area is 153 Å². The van der Waals surface area contributed by atoms with E-state index in [0.717, 1.165) is 24.3 Å². The van der Waals surface area contributed by atoms with Crippen LogP contribution in [0.1, 0.15) is 5.56 Å². The van der Waals surface area contributed by atoms with Gasteiger partial charge in [0.2, 0.25) is 5.91 Å². The molecule has 1 amide bonds. The summed E-state index contributed by atoms with van der Waals surface area (Å²) >= 11 is 0. The topological polar surface area (TPSA) is 54.9 Å². The molecule has 0 aliphatic carbocycles. The Morgan fingerprint density at radius 2 is 1.62 bits per heavy atom. The number of methoxy groups -OCH3 is 2. The van der Waals surface area contributed by atoms with Crippen LogP contribution in [-0.2, 0) is 4.79 Å². The molecule has 0 spiro atoms. The van der Waals surface area contributed by atoms with Gasteiger partial charge in [0.15, 0.2) is 0 Å². The maximum Gasteiger partial charge on any atom is 0.246 e. The van der Waals surface area contributed by atoms with Gasteiger partial charge in [-0.05, 0) is 35.9 Å². The first kappa shape index (κ1) is 17.8. The van der Waals surface area contributed by atoms with Crippen LogP contribution in [-0.4, -0.2) is 56.2 Å². The molecule has 26 heavy (non-hydrogen) atoms. The molecule has 1 aromatic heterocycles. The van der Waals surface area contributed by atoms with Gasteiger partial charge >= 0.3 is 0 Å². The molecule has 0 unspecified atom stereocenters. The molecule has 136 valence electrons. The number of aromatic nitrogens is 1. The lowest BCUT2D eigenvalue weighted by Crippen LogP contribution is -2.48. The second-order valence-electron chi connectivity index (χ2n) is 6.00. The number of ether oxygens (including phenoxy) is 2. The highest BCUT2D eigenvalue weighted by atomic mass is 16.5. The molecule has 0 radical (unpaired) electrons. The van der Waals surface area contributed by atoms with Gasteiger partial charge in [-0.25, -0.2) is 0 Å². The molecule has 2 heterocycles. The van der Waals surface area contributed by atoms with Crippen LogP contribution in [0.25, 0.3) is 6.08 Å². The Kier molecular flexibility index (Phi) is 5.73. The molecule has 1 aliphatic heterocycles. The van der Waals surface area contributed by atoms with Gasteiger partial charge in [0.05, 0.1) is 14.2 Å². The highest BCUT2D eigenvalue weighted by Crippen LogP contribution is 2.23. The third-order valence-corrected chi connectivity index (χ3v) is 4.41. The van der Waals surface area contributed by atoms with Crippen LogP contribution in [0.2, 0.25) is 0 Å². The van der Waals surface area contributed by atoms with Crippen LogP contribution in [0.4, 0.5) is 5.69 Å². The lowest BCUT2D eigenvalue weighted by atomic mass is 10.1. The molecule has 1 saturated heterocycles. The maximum atomic E-state index is 12.5. The second-order valence-corrected chi connectivity index (χ2v) is 6.00. The highest BCUT2D eigenvalue weighted by Gasteiger charge is 2.19. The molecule has 6 nitrogen and oxygen atoms in total. The molecule has 1 aliphatic rings. The van der Waals surface area contributed by atoms with Gasteiger partial charge in [0.25, 0.3) is 0 Å². The number of piperazine rings is 1. The van der Waals surface area contributed by atoms with Crippen LogP contribution >= 0.6 is 0 Å². The Bertz CT molecular complexity index is 747. The van der Waals surface area contributed by atoms with Crippen molar-refractivity contribution in [2.75, 3.05) is 45.3 Å². The number of benzene rings is 1. The van der Waals surface area contributed by atoms with Crippen molar-refractivity contribution in [1.29, 1.82) is 0 Å². The first-order valence-corrected chi connectivity index (χ1v) is 8.54. The van der Waals surface area contributed by atoms with E-state index in [4.69, 9.17) is 9.47 Å². The highest BCUT2D eigenvalue weighted by molar-refractivity contribution is 5.92. The summed E-state index contributed by atoms with van der Waals surface area (Å²) in [6.45, 7) is 3.03. The van der Waals surface area contributed by atoms with Gasteiger partial charge < -0.3 is 19.3 Å². The van der Waals surface area contributed by atoms with E-state index in [1.54, 1.807) is 44.8 Å². The molecule has 0 bridgehead atoms. The second kappa shape index (κ2) is 8.38. The number of amides is 1. The quantitative estimate of drug-likeness (QED) is 0.773. The number of nitrogens with zero attached hydrogens (tertiary/aromatic N) is 3. The lowest BCUT2D eigenvalue weighted by Gasteiger charge is -2.35. The van der Waals surface area contributed by atoms with Gasteiger partial charge in [0.1, 0.15) is 11.5 Å². The Hall–Kier alpha value is -3.02. The van der Waals surface area contributed by atoms with Gasteiger partial charge in [0, 0.05) is 56.4 Å². The van der Waals surface area contributed by atoms with E-state index >= 15 is 0 Å². The van der Waals surface area contributed by atoms with Crippen LogP contribution in [0.5, 0.6) is 11.5 Å². The average molecular weight is 353 g/mol. The molecular weight excluding hydrogens is 330 g/mol. The molecule has 6 heteroatoms. The minimum Gasteiger partial charge on any atom is -0.497 e. The van der Waals surface area contributed by atoms with Crippen LogP contribution in [0.15, 0.2) is 48.8 Å². The third-order valence-electron chi connectivity index (χ3n) is 4.41. The fraction of sp³-hybridized carbons (Fsp3) is 0.300. The minimum atomic E-state index is 0.0150. The molecule has 0 saturated carbocycles. The van der Waals surface area contributed by atoms with E-state index in [1.165, 1.54) is 0 Å². The van der Waals surface area contributed by atoms with E-state index in [1.807, 2.05) is 29.2 Å². The standard InChI is InChI=1S/C20H23N3O3/c1-25-18-13-16(14-19(15-18)26-2)3-4-20(24)23-11-9-22(10-12-23)17-5-7-21-8-6-17/h3-8,13-15H,9-12H2,1-2H3/b4-3-. The SMILES string of the molecule is COc1cc(/C=C\C(=O)N2CCN(c3ccncc3)CC2)cc(OC)c1. The van der Waals surface area contributed by atoms with Crippen molar-refractivity contribution in [3.8, 4) is 11.5 Å². The van der Waals surface area contributed by atoms with Crippen molar-refractivity contribution in [2.45, 2.75) is 0 Å². The molecule has 1 aromatic carbocycles. The Morgan fingerprint density at radius 1 is 1.00 bits per heavy atom. The number of rotatable bonds is 5. The number of hydrogen-bond donors (Lipinski definition) is 0. The fourth-order valence-electron chi connectivity index (χ4n) is 2.94. The van der Waals surface area contributed by atoms with Crippen molar-refractivity contribution >= 4 is 17.7 Å². The van der Waals surface area contributed by atoms with Gasteiger partial charge in [-0.15, -0.1) is 0 Å². The number of anilines is 1. The van der Waals surface area contributed by atoms with E-state index in [2.05, 4.69) is 9.88 Å². The van der Waals surface area contributed by atoms with Gasteiger partial charge in [-0.3, -0.25) is 9.78 Å². The summed E-state index contributed by atoms with van der Waals surface area (Å²) in [4.78, 5) is 20.6. The average Bonchev–Trinajstić information content (AvgIpc) is 2.72. The summed E-state index contributed by atoms with van der Waals surface area (Å²) in [5, 5.41) is 0. The third kappa shape index (κ3) is 4.33. The smallest absolute Gasteiger partial charge is 0.246 e. The molecule has 3 rings (SSSR count). The molecule has 1 fully saturated rings. The van der Waals surface area contributed by atoms with E-state index in [0.29, 0.717) is 24.6 Å². The van der Waals surface area contributed by atoms with Crippen molar-refractivity contribution in [2.24, 2.45) is 0 Å². The zero-order valence-corrected chi connectivity index (χ0v) is 15.1. The summed E-state index contributed by atoms with van der Waals surface area (Å²) < 4.78 is 10.5.